The lowest BCUT2D eigenvalue weighted by molar-refractivity contribution is 0.0603. The average Bonchev–Trinajstić information content (AvgIpc) is 3.16. The Kier molecular flexibility index (Phi) is 6.16. The van der Waals surface area contributed by atoms with Crippen molar-refractivity contribution in [3.63, 3.8) is 0 Å². The molecule has 1 heterocycles. The highest BCUT2D eigenvalue weighted by molar-refractivity contribution is 6.30. The lowest BCUT2D eigenvalue weighted by Crippen LogP contribution is -2.05. The van der Waals surface area contributed by atoms with Crippen LogP contribution < -0.4 is 4.74 Å². The van der Waals surface area contributed by atoms with Gasteiger partial charge in [-0.15, -0.1) is 0 Å². The van der Waals surface area contributed by atoms with Gasteiger partial charge < -0.3 is 14.0 Å². The van der Waals surface area contributed by atoms with Crippen LogP contribution in [0.3, 0.4) is 0 Å². The monoisotopic (exact) mass is 457 g/mol. The number of esters is 1. The van der Waals surface area contributed by atoms with E-state index in [-0.39, 0.29) is 12.6 Å². The van der Waals surface area contributed by atoms with Gasteiger partial charge in [0.05, 0.1) is 19.2 Å². The van der Waals surface area contributed by atoms with Gasteiger partial charge in [-0.25, -0.2) is 9.18 Å². The van der Waals surface area contributed by atoms with Crippen molar-refractivity contribution < 1.29 is 18.7 Å². The molecule has 4 nitrogen and oxygen atoms in total. The molecule has 4 aromatic rings. The van der Waals surface area contributed by atoms with Gasteiger partial charge in [-0.2, -0.15) is 0 Å². The SMILES string of the molecule is COC(=O)c1cccc2c1ccn2Cc1cc(Cl)ccc1OCc1ccc(Cl)cc1F. The predicted molar refractivity (Wildman–Crippen MR) is 120 cm³/mol. The number of hydrogen-bond donors (Lipinski definition) is 0. The van der Waals surface area contributed by atoms with Crippen LogP contribution in [0.25, 0.3) is 10.9 Å². The van der Waals surface area contributed by atoms with Crippen LogP contribution in [0.15, 0.2) is 66.9 Å². The predicted octanol–water partition coefficient (Wildman–Crippen LogP) is 6.50. The maximum Gasteiger partial charge on any atom is 0.338 e. The minimum Gasteiger partial charge on any atom is -0.488 e. The summed E-state index contributed by atoms with van der Waals surface area (Å²) in [5.41, 5.74) is 2.60. The zero-order valence-corrected chi connectivity index (χ0v) is 18.1. The molecule has 0 aliphatic heterocycles. The molecule has 0 saturated carbocycles. The highest BCUT2D eigenvalue weighted by atomic mass is 35.5. The molecule has 158 valence electrons. The maximum atomic E-state index is 14.1. The van der Waals surface area contributed by atoms with Crippen LogP contribution in [0.5, 0.6) is 5.75 Å². The number of halogens is 3. The fourth-order valence-electron chi connectivity index (χ4n) is 3.44. The van der Waals surface area contributed by atoms with Crippen LogP contribution in [0.2, 0.25) is 10.0 Å². The number of carbonyl (C=O) groups excluding carboxylic acids is 1. The Bertz CT molecular complexity index is 1270. The molecule has 0 atom stereocenters. The van der Waals surface area contributed by atoms with E-state index in [4.69, 9.17) is 32.7 Å². The smallest absolute Gasteiger partial charge is 0.338 e. The average molecular weight is 458 g/mol. The number of benzene rings is 3. The van der Waals surface area contributed by atoms with Gasteiger partial charge in [-0.05, 0) is 48.5 Å². The molecule has 0 amide bonds. The summed E-state index contributed by atoms with van der Waals surface area (Å²) in [6.45, 7) is 0.504. The van der Waals surface area contributed by atoms with E-state index in [1.165, 1.54) is 13.2 Å². The number of nitrogens with zero attached hydrogens (tertiary/aromatic N) is 1. The summed E-state index contributed by atoms with van der Waals surface area (Å²) < 4.78 is 26.9. The van der Waals surface area contributed by atoms with Crippen LogP contribution in [-0.4, -0.2) is 17.6 Å². The number of ether oxygens (including phenoxy) is 2. The first-order valence-corrected chi connectivity index (χ1v) is 10.2. The quantitative estimate of drug-likeness (QED) is 0.310. The number of fused-ring (bicyclic) bond motifs is 1. The summed E-state index contributed by atoms with van der Waals surface area (Å²) in [4.78, 5) is 12.1. The Labute approximate surface area is 188 Å². The molecule has 0 unspecified atom stereocenters. The molecule has 0 fully saturated rings. The molecule has 0 spiro atoms. The second-order valence-corrected chi connectivity index (χ2v) is 7.82. The molecule has 4 rings (SSSR count). The Hall–Kier alpha value is -3.02. The maximum absolute atomic E-state index is 14.1. The Morgan fingerprint density at radius 3 is 2.55 bits per heavy atom. The first-order valence-electron chi connectivity index (χ1n) is 9.47. The fourth-order valence-corrected chi connectivity index (χ4v) is 3.79. The second-order valence-electron chi connectivity index (χ2n) is 6.95. The lowest BCUT2D eigenvalue weighted by Gasteiger charge is -2.14. The molecule has 1 aromatic heterocycles. The minimum atomic E-state index is -0.422. The zero-order chi connectivity index (χ0) is 22.0. The number of hydrogen-bond acceptors (Lipinski definition) is 3. The van der Waals surface area contributed by atoms with E-state index in [1.54, 1.807) is 30.3 Å². The van der Waals surface area contributed by atoms with Crippen molar-refractivity contribution in [1.29, 1.82) is 0 Å². The van der Waals surface area contributed by atoms with Crippen molar-refractivity contribution in [1.82, 2.24) is 4.57 Å². The van der Waals surface area contributed by atoms with Gasteiger partial charge in [0.25, 0.3) is 0 Å². The third-order valence-corrected chi connectivity index (χ3v) is 5.45. The molecule has 7 heteroatoms. The van der Waals surface area contributed by atoms with Gasteiger partial charge in [0.1, 0.15) is 18.2 Å². The summed E-state index contributed by atoms with van der Waals surface area (Å²) in [5.74, 6) is -0.223. The lowest BCUT2D eigenvalue weighted by atomic mass is 10.1. The molecule has 31 heavy (non-hydrogen) atoms. The summed E-state index contributed by atoms with van der Waals surface area (Å²) in [6.07, 6.45) is 1.89. The molecule has 0 saturated heterocycles. The Morgan fingerprint density at radius 1 is 1.00 bits per heavy atom. The first kappa shape index (κ1) is 21.2. The van der Waals surface area contributed by atoms with Crippen LogP contribution in [0.4, 0.5) is 4.39 Å². The van der Waals surface area contributed by atoms with Gasteiger partial charge in [0, 0.05) is 38.3 Å². The van der Waals surface area contributed by atoms with Gasteiger partial charge in [-0.1, -0.05) is 35.3 Å². The molecule has 0 bridgehead atoms. The molecule has 3 aromatic carbocycles. The minimum absolute atomic E-state index is 0.0521. The molecular formula is C24H18Cl2FNO3. The fraction of sp³-hybridized carbons (Fsp3) is 0.125. The molecule has 0 N–H and O–H groups in total. The molecule has 0 aliphatic carbocycles. The van der Waals surface area contributed by atoms with E-state index >= 15 is 0 Å². The molecular weight excluding hydrogens is 440 g/mol. The first-order chi connectivity index (χ1) is 15.0. The summed E-state index contributed by atoms with van der Waals surface area (Å²) >= 11 is 12.0. The van der Waals surface area contributed by atoms with Crippen LogP contribution in [-0.2, 0) is 17.9 Å². The highest BCUT2D eigenvalue weighted by Gasteiger charge is 2.14. The van der Waals surface area contributed by atoms with Crippen LogP contribution >= 0.6 is 23.2 Å². The number of aromatic nitrogens is 1. The summed E-state index contributed by atoms with van der Waals surface area (Å²) in [5, 5.41) is 1.69. The highest BCUT2D eigenvalue weighted by Crippen LogP contribution is 2.28. The molecule has 0 aliphatic rings. The summed E-state index contributed by atoms with van der Waals surface area (Å²) in [6, 6.07) is 17.1. The van der Waals surface area contributed by atoms with Crippen molar-refractivity contribution in [3.05, 3.63) is 99.4 Å². The largest absolute Gasteiger partial charge is 0.488 e. The second kappa shape index (κ2) is 9.00. The van der Waals surface area contributed by atoms with Gasteiger partial charge in [-0.3, -0.25) is 0 Å². The van der Waals surface area contributed by atoms with E-state index in [0.29, 0.717) is 33.5 Å². The van der Waals surface area contributed by atoms with E-state index in [1.807, 2.05) is 35.0 Å². The van der Waals surface area contributed by atoms with Crippen molar-refractivity contribution in [2.24, 2.45) is 0 Å². The normalized spacial score (nSPS) is 11.0. The van der Waals surface area contributed by atoms with E-state index in [2.05, 4.69) is 0 Å². The third kappa shape index (κ3) is 4.53. The number of methoxy groups -OCH3 is 1. The molecule has 0 radical (unpaired) electrons. The topological polar surface area (TPSA) is 40.5 Å². The van der Waals surface area contributed by atoms with E-state index < -0.39 is 5.82 Å². The number of rotatable bonds is 6. The Morgan fingerprint density at radius 2 is 1.77 bits per heavy atom. The van der Waals surface area contributed by atoms with E-state index in [0.717, 1.165) is 16.5 Å². The van der Waals surface area contributed by atoms with Crippen LogP contribution in [0.1, 0.15) is 21.5 Å². The van der Waals surface area contributed by atoms with Crippen molar-refractivity contribution in [2.75, 3.05) is 7.11 Å². The van der Waals surface area contributed by atoms with Crippen molar-refractivity contribution in [3.8, 4) is 5.75 Å². The van der Waals surface area contributed by atoms with Crippen molar-refractivity contribution in [2.45, 2.75) is 13.2 Å². The van der Waals surface area contributed by atoms with E-state index in [9.17, 15) is 9.18 Å². The van der Waals surface area contributed by atoms with Gasteiger partial charge >= 0.3 is 5.97 Å². The third-order valence-electron chi connectivity index (χ3n) is 4.98. The number of carbonyl (C=O) groups is 1. The van der Waals surface area contributed by atoms with Crippen molar-refractivity contribution >= 4 is 40.1 Å². The zero-order valence-electron chi connectivity index (χ0n) is 16.6. The van der Waals surface area contributed by atoms with Gasteiger partial charge in [0.2, 0.25) is 0 Å². The Balaban J connectivity index is 1.63. The van der Waals surface area contributed by atoms with Crippen LogP contribution in [0, 0.1) is 5.82 Å². The van der Waals surface area contributed by atoms with Gasteiger partial charge in [0.15, 0.2) is 0 Å². The standard InChI is InChI=1S/C24H18Cl2FNO3/c1-30-24(29)20-3-2-4-22-19(20)9-10-28(22)13-16-11-17(25)7-8-23(16)31-14-15-5-6-18(26)12-21(15)27/h2-12H,13-14H2,1H3. The summed E-state index contributed by atoms with van der Waals surface area (Å²) in [7, 11) is 1.36.